The Labute approximate surface area is 85.7 Å². The van der Waals surface area contributed by atoms with Crippen LogP contribution in [0, 0.1) is 5.92 Å². The molecule has 1 saturated carbocycles. The number of aromatic nitrogens is 1. The fourth-order valence-corrected chi connectivity index (χ4v) is 1.73. The monoisotopic (exact) mass is 190 g/mol. The van der Waals surface area contributed by atoms with Gasteiger partial charge in [-0.1, -0.05) is 18.9 Å². The highest BCUT2D eigenvalue weighted by atomic mass is 14.9. The summed E-state index contributed by atoms with van der Waals surface area (Å²) in [6.45, 7) is 3.22. The van der Waals surface area contributed by atoms with Crippen molar-refractivity contribution in [3.8, 4) is 0 Å². The van der Waals surface area contributed by atoms with Gasteiger partial charge in [0.15, 0.2) is 0 Å². The van der Waals surface area contributed by atoms with E-state index in [2.05, 4.69) is 23.3 Å². The summed E-state index contributed by atoms with van der Waals surface area (Å²) in [5.74, 6) is 1.01. The zero-order valence-electron chi connectivity index (χ0n) is 8.74. The van der Waals surface area contributed by atoms with Crippen molar-refractivity contribution in [3.63, 3.8) is 0 Å². The van der Waals surface area contributed by atoms with Crippen LogP contribution in [0.4, 0.5) is 0 Å². The second-order valence-electron chi connectivity index (χ2n) is 4.32. The summed E-state index contributed by atoms with van der Waals surface area (Å²) in [6, 6.07) is 4.74. The molecule has 0 amide bonds. The molecule has 1 aromatic rings. The molecule has 0 aliphatic heterocycles. The molecule has 1 aromatic heterocycles. The first kappa shape index (κ1) is 9.66. The van der Waals surface area contributed by atoms with Gasteiger partial charge in [0, 0.05) is 25.0 Å². The van der Waals surface area contributed by atoms with E-state index in [0.717, 1.165) is 12.5 Å². The fourth-order valence-electron chi connectivity index (χ4n) is 1.73. The lowest BCUT2D eigenvalue weighted by Gasteiger charge is -2.12. The summed E-state index contributed by atoms with van der Waals surface area (Å²) in [5.41, 5.74) is 1.27. The molecule has 1 fully saturated rings. The van der Waals surface area contributed by atoms with Crippen molar-refractivity contribution in [3.05, 3.63) is 30.1 Å². The third-order valence-electron chi connectivity index (χ3n) is 2.76. The molecule has 0 spiro atoms. The molecule has 0 aromatic carbocycles. The molecule has 1 atom stereocenters. The molecule has 0 saturated heterocycles. The van der Waals surface area contributed by atoms with Crippen LogP contribution in [-0.4, -0.2) is 11.0 Å². The summed E-state index contributed by atoms with van der Waals surface area (Å²) in [5, 5.41) is 3.53. The van der Waals surface area contributed by atoms with Crippen molar-refractivity contribution < 1.29 is 0 Å². The van der Waals surface area contributed by atoms with Crippen LogP contribution < -0.4 is 5.32 Å². The highest BCUT2D eigenvalue weighted by Gasteiger charge is 2.23. The lowest BCUT2D eigenvalue weighted by Crippen LogP contribution is -2.25. The summed E-state index contributed by atoms with van der Waals surface area (Å²) >= 11 is 0. The van der Waals surface area contributed by atoms with E-state index in [1.54, 1.807) is 0 Å². The average Bonchev–Trinajstić information content (AvgIpc) is 3.00. The van der Waals surface area contributed by atoms with Crippen molar-refractivity contribution in [2.75, 3.05) is 0 Å². The van der Waals surface area contributed by atoms with Gasteiger partial charge in [0.05, 0.1) is 0 Å². The van der Waals surface area contributed by atoms with Crippen LogP contribution in [-0.2, 0) is 6.54 Å². The van der Waals surface area contributed by atoms with E-state index in [9.17, 15) is 0 Å². The van der Waals surface area contributed by atoms with E-state index in [-0.39, 0.29) is 0 Å². The predicted molar refractivity (Wildman–Crippen MR) is 57.9 cm³/mol. The maximum Gasteiger partial charge on any atom is 0.0312 e. The zero-order valence-corrected chi connectivity index (χ0v) is 8.74. The van der Waals surface area contributed by atoms with Gasteiger partial charge in [0.2, 0.25) is 0 Å². The molecule has 76 valence electrons. The van der Waals surface area contributed by atoms with Crippen molar-refractivity contribution in [2.24, 2.45) is 5.92 Å². The van der Waals surface area contributed by atoms with Gasteiger partial charge >= 0.3 is 0 Å². The van der Waals surface area contributed by atoms with Crippen LogP contribution in [0.5, 0.6) is 0 Å². The minimum Gasteiger partial charge on any atom is -0.310 e. The van der Waals surface area contributed by atoms with Gasteiger partial charge in [-0.15, -0.1) is 0 Å². The minimum atomic E-state index is 0.641. The van der Waals surface area contributed by atoms with Gasteiger partial charge in [0.25, 0.3) is 0 Å². The first-order valence-corrected chi connectivity index (χ1v) is 5.47. The van der Waals surface area contributed by atoms with Crippen LogP contribution in [0.2, 0.25) is 0 Å². The number of rotatable bonds is 5. The van der Waals surface area contributed by atoms with E-state index < -0.39 is 0 Å². The topological polar surface area (TPSA) is 24.9 Å². The quantitative estimate of drug-likeness (QED) is 0.771. The standard InChI is InChI=1S/C12H18N2/c1-10(7-11-4-5-11)14-9-12-3-2-6-13-8-12/h2-3,6,8,10-11,14H,4-5,7,9H2,1H3. The Kier molecular flexibility index (Phi) is 3.14. The highest BCUT2D eigenvalue weighted by molar-refractivity contribution is 5.07. The molecule has 1 heterocycles. The van der Waals surface area contributed by atoms with Crippen molar-refractivity contribution in [1.29, 1.82) is 0 Å². The molecule has 1 N–H and O–H groups in total. The molecular weight excluding hydrogens is 172 g/mol. The molecule has 1 unspecified atom stereocenters. The van der Waals surface area contributed by atoms with Gasteiger partial charge in [-0.25, -0.2) is 0 Å². The van der Waals surface area contributed by atoms with Crippen molar-refractivity contribution in [2.45, 2.75) is 38.8 Å². The Hall–Kier alpha value is -0.890. The van der Waals surface area contributed by atoms with Gasteiger partial charge in [-0.05, 0) is 30.9 Å². The average molecular weight is 190 g/mol. The Morgan fingerprint density at radius 3 is 3.07 bits per heavy atom. The molecule has 1 aliphatic carbocycles. The summed E-state index contributed by atoms with van der Waals surface area (Å²) in [6.07, 6.45) is 7.96. The van der Waals surface area contributed by atoms with E-state index in [0.29, 0.717) is 6.04 Å². The maximum atomic E-state index is 4.10. The largest absolute Gasteiger partial charge is 0.310 e. The third kappa shape index (κ3) is 3.11. The number of hydrogen-bond donors (Lipinski definition) is 1. The zero-order chi connectivity index (χ0) is 9.80. The van der Waals surface area contributed by atoms with Crippen molar-refractivity contribution in [1.82, 2.24) is 10.3 Å². The highest BCUT2D eigenvalue weighted by Crippen LogP contribution is 2.33. The van der Waals surface area contributed by atoms with E-state index in [1.807, 2.05) is 18.5 Å². The summed E-state index contributed by atoms with van der Waals surface area (Å²) in [7, 11) is 0. The predicted octanol–water partition coefficient (Wildman–Crippen LogP) is 2.36. The van der Waals surface area contributed by atoms with Crippen molar-refractivity contribution >= 4 is 0 Å². The van der Waals surface area contributed by atoms with Gasteiger partial charge < -0.3 is 5.32 Å². The number of nitrogens with one attached hydrogen (secondary N) is 1. The van der Waals surface area contributed by atoms with Crippen LogP contribution in [0.3, 0.4) is 0 Å². The summed E-state index contributed by atoms with van der Waals surface area (Å²) in [4.78, 5) is 4.10. The second kappa shape index (κ2) is 4.56. The van der Waals surface area contributed by atoms with Crippen LogP contribution in [0.25, 0.3) is 0 Å². The molecule has 2 nitrogen and oxygen atoms in total. The Morgan fingerprint density at radius 1 is 1.57 bits per heavy atom. The number of hydrogen-bond acceptors (Lipinski definition) is 2. The number of pyridine rings is 1. The molecule has 0 radical (unpaired) electrons. The van der Waals surface area contributed by atoms with E-state index in [4.69, 9.17) is 0 Å². The molecule has 2 rings (SSSR count). The second-order valence-corrected chi connectivity index (χ2v) is 4.32. The third-order valence-corrected chi connectivity index (χ3v) is 2.76. The Bertz CT molecular complexity index is 267. The van der Waals surface area contributed by atoms with Gasteiger partial charge in [-0.3, -0.25) is 4.98 Å². The lowest BCUT2D eigenvalue weighted by atomic mass is 10.1. The molecule has 1 aliphatic rings. The first-order chi connectivity index (χ1) is 6.84. The maximum absolute atomic E-state index is 4.10. The normalized spacial score (nSPS) is 18.1. The SMILES string of the molecule is CC(CC1CC1)NCc1cccnc1. The Balaban J connectivity index is 1.70. The summed E-state index contributed by atoms with van der Waals surface area (Å²) < 4.78 is 0. The van der Waals surface area contributed by atoms with Crippen LogP contribution >= 0.6 is 0 Å². The van der Waals surface area contributed by atoms with Crippen LogP contribution in [0.1, 0.15) is 31.7 Å². The Morgan fingerprint density at radius 2 is 2.43 bits per heavy atom. The molecule has 14 heavy (non-hydrogen) atoms. The molecule has 2 heteroatoms. The molecular formula is C12H18N2. The van der Waals surface area contributed by atoms with Crippen LogP contribution in [0.15, 0.2) is 24.5 Å². The van der Waals surface area contributed by atoms with E-state index >= 15 is 0 Å². The fraction of sp³-hybridized carbons (Fsp3) is 0.583. The lowest BCUT2D eigenvalue weighted by molar-refractivity contribution is 0.487. The smallest absolute Gasteiger partial charge is 0.0312 e. The first-order valence-electron chi connectivity index (χ1n) is 5.47. The number of nitrogens with zero attached hydrogens (tertiary/aromatic N) is 1. The molecule has 0 bridgehead atoms. The van der Waals surface area contributed by atoms with E-state index in [1.165, 1.54) is 24.8 Å². The van der Waals surface area contributed by atoms with Gasteiger partial charge in [-0.2, -0.15) is 0 Å². The minimum absolute atomic E-state index is 0.641. The van der Waals surface area contributed by atoms with Gasteiger partial charge in [0.1, 0.15) is 0 Å².